The summed E-state index contributed by atoms with van der Waals surface area (Å²) < 4.78 is 9.04. The summed E-state index contributed by atoms with van der Waals surface area (Å²) in [5.41, 5.74) is 11.4. The Kier molecular flexibility index (Phi) is 7.20. The predicted molar refractivity (Wildman–Crippen MR) is 235 cm³/mol. The maximum atomic E-state index is 6.68. The van der Waals surface area contributed by atoms with Crippen molar-refractivity contribution in [3.8, 4) is 28.3 Å². The van der Waals surface area contributed by atoms with Gasteiger partial charge in [0.25, 0.3) is 0 Å². The van der Waals surface area contributed by atoms with Crippen LogP contribution in [0, 0.1) is 0 Å². The first-order valence-corrected chi connectivity index (χ1v) is 19.3. The highest BCUT2D eigenvalue weighted by Gasteiger charge is 2.34. The third kappa shape index (κ3) is 4.98. The molecule has 1 aliphatic rings. The Labute approximate surface area is 326 Å². The molecule has 0 fully saturated rings. The highest BCUT2D eigenvalue weighted by atomic mass is 16.5. The molecule has 10 aromatic rings. The van der Waals surface area contributed by atoms with Crippen LogP contribution in [0.25, 0.3) is 60.2 Å². The van der Waals surface area contributed by atoms with E-state index in [9.17, 15) is 0 Å². The zero-order valence-corrected chi connectivity index (χ0v) is 31.3. The summed E-state index contributed by atoms with van der Waals surface area (Å²) in [7, 11) is 0. The van der Waals surface area contributed by atoms with Crippen LogP contribution in [0.2, 0.25) is 0 Å². The highest BCUT2D eigenvalue weighted by Crippen LogP contribution is 2.51. The minimum absolute atomic E-state index is 0.195. The molecule has 0 saturated carbocycles. The Balaban J connectivity index is 1.07. The molecule has 2 heterocycles. The third-order valence-corrected chi connectivity index (χ3v) is 11.8. The average Bonchev–Trinajstić information content (AvgIpc) is 3.58. The van der Waals surface area contributed by atoms with Crippen LogP contribution in [-0.4, -0.2) is 4.57 Å². The molecule has 3 heteroatoms. The van der Waals surface area contributed by atoms with E-state index in [0.717, 1.165) is 34.2 Å². The van der Waals surface area contributed by atoms with Crippen molar-refractivity contribution in [2.45, 2.75) is 19.3 Å². The van der Waals surface area contributed by atoms with E-state index in [1.54, 1.807) is 0 Å². The number of para-hydroxylation sites is 3. The van der Waals surface area contributed by atoms with E-state index in [4.69, 9.17) is 4.74 Å². The predicted octanol–water partition coefficient (Wildman–Crippen LogP) is 14.7. The summed E-state index contributed by atoms with van der Waals surface area (Å²) in [6.07, 6.45) is 0. The first-order valence-electron chi connectivity index (χ1n) is 19.3. The van der Waals surface area contributed by atoms with E-state index in [2.05, 4.69) is 217 Å². The molecule has 56 heavy (non-hydrogen) atoms. The zero-order chi connectivity index (χ0) is 37.4. The number of rotatable bonds is 5. The van der Waals surface area contributed by atoms with Gasteiger partial charge in [-0.25, -0.2) is 0 Å². The maximum absolute atomic E-state index is 6.68. The Morgan fingerprint density at radius 2 is 1.05 bits per heavy atom. The number of aromatic nitrogens is 1. The summed E-state index contributed by atoms with van der Waals surface area (Å²) in [6.45, 7) is 4.58. The van der Waals surface area contributed by atoms with Gasteiger partial charge in [-0.1, -0.05) is 141 Å². The van der Waals surface area contributed by atoms with Gasteiger partial charge in [-0.2, -0.15) is 0 Å². The van der Waals surface area contributed by atoms with Crippen LogP contribution in [0.4, 0.5) is 17.1 Å². The Hall–Kier alpha value is -7.10. The van der Waals surface area contributed by atoms with Gasteiger partial charge in [0.2, 0.25) is 0 Å². The van der Waals surface area contributed by atoms with Crippen LogP contribution in [0.3, 0.4) is 0 Å². The van der Waals surface area contributed by atoms with Crippen molar-refractivity contribution in [1.82, 2.24) is 4.57 Å². The summed E-state index contributed by atoms with van der Waals surface area (Å²) in [4.78, 5) is 2.40. The second kappa shape index (κ2) is 12.5. The molecule has 11 rings (SSSR count). The quantitative estimate of drug-likeness (QED) is 0.165. The van der Waals surface area contributed by atoms with E-state index in [1.165, 1.54) is 65.6 Å². The standard InChI is InChI=1S/C53H38N2O/c1-53(2)46-21-11-13-23-51(46)56-52-34-40(29-30-47(52)53)54(50-33-37-14-6-7-17-41(37)42-18-8-9-19-43(42)50)39-27-24-35(25-28-39)36-26-31-49-45(32-36)44-20-10-12-22-48(44)55(49)38-15-4-3-5-16-38/h3-34H,1-2H3. The Bertz CT molecular complexity index is 3140. The van der Waals surface area contributed by atoms with Crippen molar-refractivity contribution >= 4 is 60.4 Å². The fourth-order valence-corrected chi connectivity index (χ4v) is 9.04. The summed E-state index contributed by atoms with van der Waals surface area (Å²) >= 11 is 0. The molecule has 266 valence electrons. The number of fused-ring (bicyclic) bond motifs is 8. The van der Waals surface area contributed by atoms with E-state index in [-0.39, 0.29) is 5.41 Å². The molecule has 9 aromatic carbocycles. The smallest absolute Gasteiger partial charge is 0.133 e. The number of nitrogens with zero attached hydrogens (tertiary/aromatic N) is 2. The van der Waals surface area contributed by atoms with Crippen molar-refractivity contribution in [1.29, 1.82) is 0 Å². The molecular formula is C53H38N2O. The van der Waals surface area contributed by atoms with E-state index in [1.807, 2.05) is 0 Å². The van der Waals surface area contributed by atoms with Gasteiger partial charge >= 0.3 is 0 Å². The van der Waals surface area contributed by atoms with Crippen molar-refractivity contribution in [3.05, 3.63) is 205 Å². The van der Waals surface area contributed by atoms with E-state index < -0.39 is 0 Å². The maximum Gasteiger partial charge on any atom is 0.133 e. The van der Waals surface area contributed by atoms with Gasteiger partial charge in [-0.3, -0.25) is 0 Å². The summed E-state index contributed by atoms with van der Waals surface area (Å²) in [5, 5.41) is 7.37. The van der Waals surface area contributed by atoms with Crippen LogP contribution in [0.5, 0.6) is 11.5 Å². The molecular weight excluding hydrogens is 681 g/mol. The second-order valence-electron chi connectivity index (χ2n) is 15.4. The molecule has 0 atom stereocenters. The molecule has 1 aromatic heterocycles. The van der Waals surface area contributed by atoms with Crippen LogP contribution in [0.1, 0.15) is 25.0 Å². The zero-order valence-electron chi connectivity index (χ0n) is 31.3. The summed E-state index contributed by atoms with van der Waals surface area (Å²) in [5.74, 6) is 1.80. The molecule has 0 saturated heterocycles. The van der Waals surface area contributed by atoms with Crippen LogP contribution < -0.4 is 9.64 Å². The van der Waals surface area contributed by atoms with E-state index in [0.29, 0.717) is 0 Å². The molecule has 1 aliphatic heterocycles. The van der Waals surface area contributed by atoms with Crippen molar-refractivity contribution in [3.63, 3.8) is 0 Å². The Morgan fingerprint density at radius 3 is 1.89 bits per heavy atom. The number of anilines is 3. The lowest BCUT2D eigenvalue weighted by molar-refractivity contribution is 0.418. The summed E-state index contributed by atoms with van der Waals surface area (Å²) in [6, 6.07) is 70.2. The van der Waals surface area contributed by atoms with Gasteiger partial charge in [-0.15, -0.1) is 0 Å². The number of ether oxygens (including phenoxy) is 1. The number of hydrogen-bond donors (Lipinski definition) is 0. The first kappa shape index (κ1) is 32.3. The Morgan fingerprint density at radius 1 is 0.429 bits per heavy atom. The van der Waals surface area contributed by atoms with Crippen molar-refractivity contribution in [2.24, 2.45) is 0 Å². The molecule has 0 radical (unpaired) electrons. The van der Waals surface area contributed by atoms with Crippen molar-refractivity contribution < 1.29 is 4.74 Å². The van der Waals surface area contributed by atoms with Crippen LogP contribution in [0.15, 0.2) is 194 Å². The normalized spacial score (nSPS) is 13.1. The minimum Gasteiger partial charge on any atom is -0.457 e. The average molecular weight is 719 g/mol. The van der Waals surface area contributed by atoms with Gasteiger partial charge in [0.05, 0.1) is 16.7 Å². The van der Waals surface area contributed by atoms with Gasteiger partial charge in [0.1, 0.15) is 11.5 Å². The molecule has 3 nitrogen and oxygen atoms in total. The molecule has 0 bridgehead atoms. The topological polar surface area (TPSA) is 17.4 Å². The third-order valence-electron chi connectivity index (χ3n) is 11.8. The van der Waals surface area contributed by atoms with Gasteiger partial charge < -0.3 is 14.2 Å². The van der Waals surface area contributed by atoms with Gasteiger partial charge in [0, 0.05) is 55.8 Å². The largest absolute Gasteiger partial charge is 0.457 e. The molecule has 0 aliphatic carbocycles. The van der Waals surface area contributed by atoms with Gasteiger partial charge in [0.15, 0.2) is 0 Å². The van der Waals surface area contributed by atoms with Crippen LogP contribution >= 0.6 is 0 Å². The minimum atomic E-state index is -0.195. The molecule has 0 spiro atoms. The lowest BCUT2D eigenvalue weighted by Crippen LogP contribution is -2.24. The SMILES string of the molecule is CC1(C)c2ccccc2Oc2cc(N(c3ccc(-c4ccc5c(c4)c4ccccc4n5-c4ccccc4)cc3)c3cc4ccccc4c4ccccc34)ccc21. The lowest BCUT2D eigenvalue weighted by Gasteiger charge is -2.35. The second-order valence-corrected chi connectivity index (χ2v) is 15.4. The number of hydrogen-bond acceptors (Lipinski definition) is 2. The highest BCUT2D eigenvalue weighted by molar-refractivity contribution is 6.15. The number of benzene rings is 9. The lowest BCUT2D eigenvalue weighted by atomic mass is 9.76. The van der Waals surface area contributed by atoms with Crippen LogP contribution in [-0.2, 0) is 5.41 Å². The van der Waals surface area contributed by atoms with Crippen molar-refractivity contribution in [2.75, 3.05) is 4.90 Å². The monoisotopic (exact) mass is 718 g/mol. The van der Waals surface area contributed by atoms with E-state index >= 15 is 0 Å². The molecule has 0 unspecified atom stereocenters. The fraction of sp³-hybridized carbons (Fsp3) is 0.0566. The molecule has 0 N–H and O–H groups in total. The molecule has 0 amide bonds. The fourth-order valence-electron chi connectivity index (χ4n) is 9.04. The first-order chi connectivity index (χ1) is 27.5. The van der Waals surface area contributed by atoms with Gasteiger partial charge in [-0.05, 0) is 87.9 Å².